The number of likely N-dealkylation sites (N-methyl/N-ethyl adjacent to an activating group) is 1. The Morgan fingerprint density at radius 2 is 1.77 bits per heavy atom. The fourth-order valence-corrected chi connectivity index (χ4v) is 3.32. The Bertz CT molecular complexity index is 1050. The molecule has 162 valence electrons. The number of esters is 1. The minimum absolute atomic E-state index is 0.0531. The molecule has 8 heteroatoms. The van der Waals surface area contributed by atoms with Crippen LogP contribution in [0.2, 0.25) is 0 Å². The summed E-state index contributed by atoms with van der Waals surface area (Å²) < 4.78 is 12.7. The first kappa shape index (κ1) is 22.0. The number of anilines is 1. The molecule has 8 nitrogen and oxygen atoms in total. The standard InChI is InChI=1S/C23H26N4O4/c1-5-30-19-9-7-18(8-10-19)27-16(2)13-20(17(27)3)21(28)15-31-22(29)14-26(4)23-24-11-6-12-25-23/h6-13H,5,14-15H2,1-4H3. The van der Waals surface area contributed by atoms with E-state index in [1.807, 2.05) is 55.7 Å². The number of rotatable bonds is 9. The lowest BCUT2D eigenvalue weighted by Crippen LogP contribution is -2.29. The predicted molar refractivity (Wildman–Crippen MR) is 117 cm³/mol. The van der Waals surface area contributed by atoms with Crippen molar-refractivity contribution >= 4 is 17.7 Å². The quantitative estimate of drug-likeness (QED) is 0.387. The van der Waals surface area contributed by atoms with Crippen LogP contribution in [-0.2, 0) is 9.53 Å². The molecule has 0 amide bonds. The number of aryl methyl sites for hydroxylation is 1. The van der Waals surface area contributed by atoms with Crippen LogP contribution in [0.1, 0.15) is 28.7 Å². The third-order valence-corrected chi connectivity index (χ3v) is 4.76. The Labute approximate surface area is 181 Å². The smallest absolute Gasteiger partial charge is 0.326 e. The van der Waals surface area contributed by atoms with Crippen molar-refractivity contribution in [2.45, 2.75) is 20.8 Å². The summed E-state index contributed by atoms with van der Waals surface area (Å²) >= 11 is 0. The Morgan fingerprint density at radius 1 is 1.10 bits per heavy atom. The van der Waals surface area contributed by atoms with E-state index >= 15 is 0 Å². The molecule has 1 aromatic carbocycles. The van der Waals surface area contributed by atoms with Crippen molar-refractivity contribution in [2.24, 2.45) is 0 Å². The van der Waals surface area contributed by atoms with E-state index in [1.54, 1.807) is 30.4 Å². The van der Waals surface area contributed by atoms with Crippen molar-refractivity contribution in [3.8, 4) is 11.4 Å². The van der Waals surface area contributed by atoms with Gasteiger partial charge in [0, 0.05) is 42.1 Å². The van der Waals surface area contributed by atoms with Gasteiger partial charge in [0.2, 0.25) is 11.7 Å². The largest absolute Gasteiger partial charge is 0.494 e. The second-order valence-electron chi connectivity index (χ2n) is 7.04. The van der Waals surface area contributed by atoms with Gasteiger partial charge in [0.15, 0.2) is 6.61 Å². The molecule has 0 aliphatic carbocycles. The highest BCUT2D eigenvalue weighted by atomic mass is 16.5. The van der Waals surface area contributed by atoms with Crippen molar-refractivity contribution in [3.05, 3.63) is 65.7 Å². The number of benzene rings is 1. The summed E-state index contributed by atoms with van der Waals surface area (Å²) in [5.74, 6) is 0.424. The van der Waals surface area contributed by atoms with Gasteiger partial charge in [-0.25, -0.2) is 9.97 Å². The Kier molecular flexibility index (Phi) is 7.02. The lowest BCUT2D eigenvalue weighted by Gasteiger charge is -2.15. The molecule has 3 rings (SSSR count). The fraction of sp³-hybridized carbons (Fsp3) is 0.304. The highest BCUT2D eigenvalue weighted by Gasteiger charge is 2.19. The van der Waals surface area contributed by atoms with Gasteiger partial charge in [0.25, 0.3) is 0 Å². The highest BCUT2D eigenvalue weighted by Crippen LogP contribution is 2.23. The number of aromatic nitrogens is 3. The predicted octanol–water partition coefficient (Wildman–Crippen LogP) is 3.15. The SMILES string of the molecule is CCOc1ccc(-n2c(C)cc(C(=O)COC(=O)CN(C)c3ncccn3)c2C)cc1. The molecule has 0 N–H and O–H groups in total. The van der Waals surface area contributed by atoms with Gasteiger partial charge in [-0.1, -0.05) is 0 Å². The molecule has 0 aliphatic heterocycles. The van der Waals surface area contributed by atoms with Crippen LogP contribution in [0, 0.1) is 13.8 Å². The van der Waals surface area contributed by atoms with Crippen LogP contribution in [0.5, 0.6) is 5.75 Å². The molecule has 0 atom stereocenters. The normalized spacial score (nSPS) is 10.6. The van der Waals surface area contributed by atoms with Gasteiger partial charge < -0.3 is 18.9 Å². The van der Waals surface area contributed by atoms with Crippen LogP contribution in [0.25, 0.3) is 5.69 Å². The molecule has 0 unspecified atom stereocenters. The van der Waals surface area contributed by atoms with Gasteiger partial charge in [-0.3, -0.25) is 9.59 Å². The third kappa shape index (κ3) is 5.28. The van der Waals surface area contributed by atoms with Crippen molar-refractivity contribution in [3.63, 3.8) is 0 Å². The molecule has 0 aliphatic rings. The van der Waals surface area contributed by atoms with Crippen LogP contribution >= 0.6 is 0 Å². The summed E-state index contributed by atoms with van der Waals surface area (Å²) in [4.78, 5) is 34.6. The monoisotopic (exact) mass is 422 g/mol. The first-order valence-electron chi connectivity index (χ1n) is 9.99. The van der Waals surface area contributed by atoms with E-state index < -0.39 is 5.97 Å². The Morgan fingerprint density at radius 3 is 2.42 bits per heavy atom. The molecule has 0 saturated heterocycles. The van der Waals surface area contributed by atoms with E-state index in [0.717, 1.165) is 22.8 Å². The molecule has 0 radical (unpaired) electrons. The molecular weight excluding hydrogens is 396 g/mol. The van der Waals surface area contributed by atoms with Crippen LogP contribution in [0.4, 0.5) is 5.95 Å². The number of ketones is 1. The van der Waals surface area contributed by atoms with E-state index in [9.17, 15) is 9.59 Å². The van der Waals surface area contributed by atoms with E-state index in [4.69, 9.17) is 9.47 Å². The van der Waals surface area contributed by atoms with Crippen molar-refractivity contribution in [1.82, 2.24) is 14.5 Å². The molecule has 3 aromatic rings. The summed E-state index contributed by atoms with van der Waals surface area (Å²) in [6, 6.07) is 11.2. The maximum atomic E-state index is 12.7. The fourth-order valence-electron chi connectivity index (χ4n) is 3.32. The molecule has 2 aromatic heterocycles. The minimum atomic E-state index is -0.524. The van der Waals surface area contributed by atoms with E-state index in [-0.39, 0.29) is 18.9 Å². The zero-order valence-electron chi connectivity index (χ0n) is 18.2. The zero-order chi connectivity index (χ0) is 22.4. The topological polar surface area (TPSA) is 86.5 Å². The number of Topliss-reactive ketones (excluding diaryl/α,β-unsaturated/α-hetero) is 1. The number of hydrogen-bond donors (Lipinski definition) is 0. The summed E-state index contributed by atoms with van der Waals surface area (Å²) in [6.45, 7) is 5.97. The molecular formula is C23H26N4O4. The van der Waals surface area contributed by atoms with Gasteiger partial charge in [0.05, 0.1) is 6.61 Å². The molecule has 2 heterocycles. The number of carbonyl (C=O) groups is 2. The Hall–Kier alpha value is -3.68. The van der Waals surface area contributed by atoms with Crippen molar-refractivity contribution in [1.29, 1.82) is 0 Å². The average molecular weight is 422 g/mol. The van der Waals surface area contributed by atoms with Gasteiger partial charge in [-0.15, -0.1) is 0 Å². The number of ether oxygens (including phenoxy) is 2. The van der Waals surface area contributed by atoms with Crippen LogP contribution < -0.4 is 9.64 Å². The van der Waals surface area contributed by atoms with Gasteiger partial charge in [-0.05, 0) is 57.2 Å². The van der Waals surface area contributed by atoms with Crippen molar-refractivity contribution in [2.75, 3.05) is 31.7 Å². The summed E-state index contributed by atoms with van der Waals surface area (Å²) in [5, 5.41) is 0. The average Bonchev–Trinajstić information content (AvgIpc) is 3.07. The maximum absolute atomic E-state index is 12.7. The first-order chi connectivity index (χ1) is 14.9. The molecule has 0 saturated carbocycles. The second-order valence-corrected chi connectivity index (χ2v) is 7.04. The highest BCUT2D eigenvalue weighted by molar-refractivity contribution is 5.99. The van der Waals surface area contributed by atoms with E-state index in [1.165, 1.54) is 0 Å². The minimum Gasteiger partial charge on any atom is -0.494 e. The van der Waals surface area contributed by atoms with E-state index in [0.29, 0.717) is 18.1 Å². The Balaban J connectivity index is 1.64. The summed E-state index contributed by atoms with van der Waals surface area (Å²) in [7, 11) is 1.68. The van der Waals surface area contributed by atoms with Crippen LogP contribution in [0.3, 0.4) is 0 Å². The van der Waals surface area contributed by atoms with Crippen LogP contribution in [0.15, 0.2) is 48.8 Å². The van der Waals surface area contributed by atoms with Gasteiger partial charge in [-0.2, -0.15) is 0 Å². The molecule has 0 fully saturated rings. The van der Waals surface area contributed by atoms with E-state index in [2.05, 4.69) is 9.97 Å². The lowest BCUT2D eigenvalue weighted by atomic mass is 10.1. The van der Waals surface area contributed by atoms with Crippen LogP contribution in [-0.4, -0.2) is 53.1 Å². The maximum Gasteiger partial charge on any atom is 0.326 e. The van der Waals surface area contributed by atoms with Gasteiger partial charge in [0.1, 0.15) is 12.3 Å². The molecule has 0 bridgehead atoms. The zero-order valence-corrected chi connectivity index (χ0v) is 18.2. The van der Waals surface area contributed by atoms with Crippen molar-refractivity contribution < 1.29 is 19.1 Å². The first-order valence-corrected chi connectivity index (χ1v) is 9.99. The molecule has 31 heavy (non-hydrogen) atoms. The number of nitrogens with zero attached hydrogens (tertiary/aromatic N) is 4. The number of carbonyl (C=O) groups excluding carboxylic acids is 2. The molecule has 0 spiro atoms. The summed E-state index contributed by atoms with van der Waals surface area (Å²) in [6.07, 6.45) is 3.18. The summed E-state index contributed by atoms with van der Waals surface area (Å²) in [5.41, 5.74) is 3.16. The number of hydrogen-bond acceptors (Lipinski definition) is 7. The third-order valence-electron chi connectivity index (χ3n) is 4.76. The second kappa shape index (κ2) is 9.88. The lowest BCUT2D eigenvalue weighted by molar-refractivity contribution is -0.140. The van der Waals surface area contributed by atoms with Gasteiger partial charge >= 0.3 is 5.97 Å².